The van der Waals surface area contributed by atoms with Crippen LogP contribution in [0.15, 0.2) is 60.9 Å². The van der Waals surface area contributed by atoms with Crippen LogP contribution in [0.3, 0.4) is 0 Å². The first kappa shape index (κ1) is 19.7. The van der Waals surface area contributed by atoms with Gasteiger partial charge in [-0.25, -0.2) is 4.98 Å². The summed E-state index contributed by atoms with van der Waals surface area (Å²) in [5.41, 5.74) is 4.62. The zero-order chi connectivity index (χ0) is 22.1. The second kappa shape index (κ2) is 8.12. The number of pyridine rings is 1. The van der Waals surface area contributed by atoms with Crippen LogP contribution in [-0.2, 0) is 0 Å². The van der Waals surface area contributed by atoms with Gasteiger partial charge in [-0.2, -0.15) is 5.10 Å². The normalized spacial score (nSPS) is 12.2. The molecule has 0 radical (unpaired) electrons. The molecule has 1 atom stereocenters. The van der Waals surface area contributed by atoms with Crippen molar-refractivity contribution < 1.29 is 14.6 Å². The number of imidazole rings is 1. The van der Waals surface area contributed by atoms with Crippen molar-refractivity contribution in [3.63, 3.8) is 0 Å². The lowest BCUT2D eigenvalue weighted by atomic mass is 10.1. The molecule has 0 bridgehead atoms. The zero-order valence-corrected chi connectivity index (χ0v) is 17.2. The van der Waals surface area contributed by atoms with E-state index in [9.17, 15) is 9.90 Å². The fourth-order valence-electron chi connectivity index (χ4n) is 3.68. The number of H-pyrrole nitrogens is 2. The number of carbonyl (C=O) groups is 1. The van der Waals surface area contributed by atoms with Gasteiger partial charge in [0, 0.05) is 23.3 Å². The average Bonchev–Trinajstić information content (AvgIpc) is 3.45. The van der Waals surface area contributed by atoms with Crippen molar-refractivity contribution in [1.82, 2.24) is 30.5 Å². The van der Waals surface area contributed by atoms with E-state index in [1.54, 1.807) is 37.7 Å². The van der Waals surface area contributed by atoms with E-state index < -0.39 is 11.9 Å². The van der Waals surface area contributed by atoms with Crippen molar-refractivity contribution in [2.45, 2.75) is 6.04 Å². The molecule has 2 aromatic carbocycles. The fourth-order valence-corrected chi connectivity index (χ4v) is 3.68. The van der Waals surface area contributed by atoms with E-state index in [-0.39, 0.29) is 12.4 Å². The second-order valence-corrected chi connectivity index (χ2v) is 7.29. The largest absolute Gasteiger partial charge is 0.497 e. The number of aliphatic hydroxyl groups excluding tert-OH is 1. The van der Waals surface area contributed by atoms with Crippen molar-refractivity contribution in [2.24, 2.45) is 0 Å². The minimum atomic E-state index is -0.595. The number of aromatic amines is 2. The number of nitrogens with zero attached hydrogens (tertiary/aromatic N) is 3. The molecular weight excluding hydrogens is 408 g/mol. The molecule has 1 unspecified atom stereocenters. The molecule has 160 valence electrons. The number of amides is 1. The molecule has 0 saturated heterocycles. The third kappa shape index (κ3) is 3.54. The summed E-state index contributed by atoms with van der Waals surface area (Å²) in [6.45, 7) is -0.261. The molecule has 9 heteroatoms. The van der Waals surface area contributed by atoms with E-state index >= 15 is 0 Å². The van der Waals surface area contributed by atoms with Crippen LogP contribution < -0.4 is 10.1 Å². The Kier molecular flexibility index (Phi) is 5.00. The van der Waals surface area contributed by atoms with Crippen LogP contribution in [0.2, 0.25) is 0 Å². The number of methoxy groups -OCH3 is 1. The van der Waals surface area contributed by atoms with Crippen molar-refractivity contribution >= 4 is 27.8 Å². The minimum absolute atomic E-state index is 0.160. The van der Waals surface area contributed by atoms with Gasteiger partial charge in [0.1, 0.15) is 11.4 Å². The van der Waals surface area contributed by atoms with Gasteiger partial charge >= 0.3 is 0 Å². The van der Waals surface area contributed by atoms with Crippen LogP contribution in [0.4, 0.5) is 0 Å². The number of hydrogen-bond donors (Lipinski definition) is 4. The lowest BCUT2D eigenvalue weighted by molar-refractivity contribution is 0.0907. The lowest BCUT2D eigenvalue weighted by Gasteiger charge is -2.16. The van der Waals surface area contributed by atoms with Crippen molar-refractivity contribution in [1.29, 1.82) is 0 Å². The molecule has 0 spiro atoms. The molecule has 5 aromatic rings. The molecule has 0 aliphatic rings. The van der Waals surface area contributed by atoms with Gasteiger partial charge in [0.15, 0.2) is 5.82 Å². The maximum atomic E-state index is 12.9. The molecule has 0 fully saturated rings. The van der Waals surface area contributed by atoms with Crippen LogP contribution in [0.1, 0.15) is 22.2 Å². The topological polar surface area (TPSA) is 129 Å². The van der Waals surface area contributed by atoms with E-state index in [4.69, 9.17) is 4.74 Å². The highest BCUT2D eigenvalue weighted by molar-refractivity contribution is 6.02. The van der Waals surface area contributed by atoms with Gasteiger partial charge < -0.3 is 20.1 Å². The minimum Gasteiger partial charge on any atom is -0.497 e. The number of ether oxygens (including phenoxy) is 1. The van der Waals surface area contributed by atoms with Crippen LogP contribution in [0.25, 0.3) is 33.2 Å². The number of carbonyl (C=O) groups excluding carboxylic acids is 1. The number of aliphatic hydroxyl groups is 1. The second-order valence-electron chi connectivity index (χ2n) is 7.29. The number of aromatic nitrogens is 5. The number of benzene rings is 2. The summed E-state index contributed by atoms with van der Waals surface area (Å²) in [4.78, 5) is 24.4. The van der Waals surface area contributed by atoms with Crippen LogP contribution in [0, 0.1) is 0 Å². The summed E-state index contributed by atoms with van der Waals surface area (Å²) in [5, 5.41) is 21.0. The van der Waals surface area contributed by atoms with Gasteiger partial charge in [0.05, 0.1) is 36.3 Å². The average molecular weight is 428 g/mol. The van der Waals surface area contributed by atoms with E-state index in [2.05, 4.69) is 30.5 Å². The Balaban J connectivity index is 1.45. The Morgan fingerprint density at radius 1 is 1.16 bits per heavy atom. The summed E-state index contributed by atoms with van der Waals surface area (Å²) in [6, 6.07) is 14.1. The fraction of sp³-hybridized carbons (Fsp3) is 0.130. The summed E-state index contributed by atoms with van der Waals surface area (Å²) in [7, 11) is 1.57. The van der Waals surface area contributed by atoms with Gasteiger partial charge in [0.2, 0.25) is 0 Å². The van der Waals surface area contributed by atoms with Gasteiger partial charge in [-0.05, 0) is 42.0 Å². The third-order valence-electron chi connectivity index (χ3n) is 5.32. The summed E-state index contributed by atoms with van der Waals surface area (Å²) in [6.07, 6.45) is 3.43. The zero-order valence-electron chi connectivity index (χ0n) is 17.2. The highest BCUT2D eigenvalue weighted by atomic mass is 16.5. The molecule has 3 aromatic heterocycles. The number of nitrogens with one attached hydrogen (secondary N) is 3. The first-order valence-corrected chi connectivity index (χ1v) is 10.00. The van der Waals surface area contributed by atoms with E-state index in [1.165, 1.54) is 0 Å². The smallest absolute Gasteiger partial charge is 0.287 e. The summed E-state index contributed by atoms with van der Waals surface area (Å²) in [5.74, 6) is 0.388. The van der Waals surface area contributed by atoms with Gasteiger partial charge in [0.25, 0.3) is 5.91 Å². The number of hydrogen-bond acceptors (Lipinski definition) is 6. The highest BCUT2D eigenvalue weighted by Crippen LogP contribution is 2.29. The van der Waals surface area contributed by atoms with Gasteiger partial charge in [-0.3, -0.25) is 14.9 Å². The maximum Gasteiger partial charge on any atom is 0.287 e. The molecule has 0 saturated carbocycles. The van der Waals surface area contributed by atoms with Crippen LogP contribution >= 0.6 is 0 Å². The first-order chi connectivity index (χ1) is 15.7. The Labute approximate surface area is 182 Å². The van der Waals surface area contributed by atoms with Crippen LogP contribution in [0.5, 0.6) is 5.75 Å². The Bertz CT molecular complexity index is 1410. The molecule has 9 nitrogen and oxygen atoms in total. The summed E-state index contributed by atoms with van der Waals surface area (Å²) < 4.78 is 5.23. The maximum absolute atomic E-state index is 12.9. The molecule has 0 aliphatic carbocycles. The standard InChI is InChI=1S/C23H20N6O3/c1-32-15-4-2-3-14(9-15)20(12-30)27-23(31)22-25-18-10-16-17(11-19(18)26-22)28-29-21(16)13-5-7-24-8-6-13/h2-11,20,30H,12H2,1H3,(H,25,26)(H,27,31)(H,28,29). The van der Waals surface area contributed by atoms with Gasteiger partial charge in [-0.15, -0.1) is 0 Å². The molecule has 4 N–H and O–H groups in total. The van der Waals surface area contributed by atoms with E-state index in [0.29, 0.717) is 16.8 Å². The molecule has 1 amide bonds. The third-order valence-corrected chi connectivity index (χ3v) is 5.32. The van der Waals surface area contributed by atoms with E-state index in [0.717, 1.165) is 27.7 Å². The number of fused-ring (bicyclic) bond motifs is 2. The molecule has 0 aliphatic heterocycles. The van der Waals surface area contributed by atoms with Crippen molar-refractivity contribution in [3.8, 4) is 17.0 Å². The molecule has 3 heterocycles. The lowest BCUT2D eigenvalue weighted by Crippen LogP contribution is -2.31. The Hall–Kier alpha value is -4.24. The Morgan fingerprint density at radius 3 is 2.78 bits per heavy atom. The van der Waals surface area contributed by atoms with Gasteiger partial charge in [-0.1, -0.05) is 12.1 Å². The monoisotopic (exact) mass is 428 g/mol. The number of rotatable bonds is 6. The van der Waals surface area contributed by atoms with Crippen molar-refractivity contribution in [2.75, 3.05) is 13.7 Å². The predicted molar refractivity (Wildman–Crippen MR) is 119 cm³/mol. The quantitative estimate of drug-likeness (QED) is 0.329. The highest BCUT2D eigenvalue weighted by Gasteiger charge is 2.19. The molecular formula is C23H20N6O3. The predicted octanol–water partition coefficient (Wildman–Crippen LogP) is 2.97. The molecule has 32 heavy (non-hydrogen) atoms. The first-order valence-electron chi connectivity index (χ1n) is 10.00. The SMILES string of the molecule is COc1cccc(C(CO)NC(=O)c2nc3cc4c(-c5ccncc5)n[nH]c4cc3[nH]2)c1. The van der Waals surface area contributed by atoms with Crippen LogP contribution in [-0.4, -0.2) is 49.9 Å². The summed E-state index contributed by atoms with van der Waals surface area (Å²) >= 11 is 0. The van der Waals surface area contributed by atoms with E-state index in [1.807, 2.05) is 30.3 Å². The Morgan fingerprint density at radius 2 is 2.00 bits per heavy atom. The molecule has 5 rings (SSSR count). The van der Waals surface area contributed by atoms with Crippen molar-refractivity contribution in [3.05, 3.63) is 72.3 Å².